The van der Waals surface area contributed by atoms with Gasteiger partial charge in [-0.1, -0.05) is 13.8 Å². The summed E-state index contributed by atoms with van der Waals surface area (Å²) in [4.78, 5) is 10.9. The van der Waals surface area contributed by atoms with Crippen molar-refractivity contribution >= 4 is 17.5 Å². The van der Waals surface area contributed by atoms with Crippen LogP contribution in [0.2, 0.25) is 0 Å². The third-order valence-corrected chi connectivity index (χ3v) is 3.39. The largest absolute Gasteiger partial charge is 0.341 e. The first kappa shape index (κ1) is 13.2. The van der Waals surface area contributed by atoms with Crippen LogP contribution in [0.15, 0.2) is 6.20 Å². The normalized spacial score (nSPS) is 12.9. The Labute approximate surface area is 103 Å². The van der Waals surface area contributed by atoms with Crippen LogP contribution in [-0.4, -0.2) is 23.1 Å². The molecule has 1 atom stereocenters. The summed E-state index contributed by atoms with van der Waals surface area (Å²) < 4.78 is 0. The summed E-state index contributed by atoms with van der Waals surface area (Å²) in [5.74, 6) is 1.81. The van der Waals surface area contributed by atoms with Crippen molar-refractivity contribution in [3.8, 4) is 0 Å². The molecule has 0 N–H and O–H groups in total. The van der Waals surface area contributed by atoms with Gasteiger partial charge in [0.2, 0.25) is 5.95 Å². The maximum absolute atomic E-state index is 5.78. The lowest BCUT2D eigenvalue weighted by molar-refractivity contribution is 0.499. The molecule has 1 rings (SSSR count). The summed E-state index contributed by atoms with van der Waals surface area (Å²) in [6.07, 6.45) is 1.81. The second kappa shape index (κ2) is 5.48. The zero-order chi connectivity index (χ0) is 12.3. The molecule has 0 spiro atoms. The predicted molar refractivity (Wildman–Crippen MR) is 69.0 cm³/mol. The SMILES string of the molecule is Cc1nc(N(C)C(C)C(C)C)ncc1CCl. The fraction of sp³-hybridized carbons (Fsp3) is 0.667. The molecule has 1 heterocycles. The van der Waals surface area contributed by atoms with Crippen molar-refractivity contribution < 1.29 is 0 Å². The Balaban J connectivity index is 2.92. The smallest absolute Gasteiger partial charge is 0.225 e. The first-order valence-electron chi connectivity index (χ1n) is 5.58. The zero-order valence-corrected chi connectivity index (χ0v) is 11.4. The van der Waals surface area contributed by atoms with Crippen LogP contribution in [0.5, 0.6) is 0 Å². The molecule has 0 aliphatic rings. The Hall–Kier alpha value is -0.830. The zero-order valence-electron chi connectivity index (χ0n) is 10.7. The Morgan fingerprint density at radius 3 is 2.44 bits per heavy atom. The first-order chi connectivity index (χ1) is 7.47. The van der Waals surface area contributed by atoms with Crippen molar-refractivity contribution in [2.24, 2.45) is 5.92 Å². The summed E-state index contributed by atoms with van der Waals surface area (Å²) in [7, 11) is 2.03. The number of nitrogens with zero attached hydrogens (tertiary/aromatic N) is 3. The average molecular weight is 242 g/mol. The molecular formula is C12H20ClN3. The Kier molecular flexibility index (Phi) is 4.54. The molecule has 90 valence electrons. The van der Waals surface area contributed by atoms with E-state index in [1.807, 2.05) is 20.2 Å². The molecule has 0 aliphatic carbocycles. The van der Waals surface area contributed by atoms with Gasteiger partial charge in [0, 0.05) is 30.5 Å². The number of alkyl halides is 1. The van der Waals surface area contributed by atoms with Crippen molar-refractivity contribution in [2.75, 3.05) is 11.9 Å². The Morgan fingerprint density at radius 1 is 1.38 bits per heavy atom. The second-order valence-electron chi connectivity index (χ2n) is 4.51. The van der Waals surface area contributed by atoms with Crippen LogP contribution in [0.3, 0.4) is 0 Å². The predicted octanol–water partition coefficient (Wildman–Crippen LogP) is 3.00. The van der Waals surface area contributed by atoms with E-state index >= 15 is 0 Å². The minimum absolute atomic E-state index is 0.418. The highest BCUT2D eigenvalue weighted by atomic mass is 35.5. The molecule has 0 bridgehead atoms. The molecule has 0 radical (unpaired) electrons. The highest BCUT2D eigenvalue weighted by Crippen LogP contribution is 2.16. The Bertz CT molecular complexity index is 352. The first-order valence-corrected chi connectivity index (χ1v) is 6.12. The van der Waals surface area contributed by atoms with Gasteiger partial charge in [-0.2, -0.15) is 0 Å². The fourth-order valence-corrected chi connectivity index (χ4v) is 1.67. The van der Waals surface area contributed by atoms with Crippen LogP contribution >= 0.6 is 11.6 Å². The molecule has 1 aromatic rings. The molecule has 0 fully saturated rings. The maximum Gasteiger partial charge on any atom is 0.225 e. The van der Waals surface area contributed by atoms with E-state index in [0.717, 1.165) is 17.2 Å². The molecule has 0 aromatic carbocycles. The molecule has 1 aromatic heterocycles. The number of anilines is 1. The molecule has 16 heavy (non-hydrogen) atoms. The minimum atomic E-state index is 0.418. The molecule has 0 aliphatic heterocycles. The van der Waals surface area contributed by atoms with Gasteiger partial charge in [0.25, 0.3) is 0 Å². The van der Waals surface area contributed by atoms with Gasteiger partial charge in [-0.3, -0.25) is 0 Å². The van der Waals surface area contributed by atoms with E-state index in [0.29, 0.717) is 17.8 Å². The topological polar surface area (TPSA) is 29.0 Å². The van der Waals surface area contributed by atoms with Crippen molar-refractivity contribution in [1.29, 1.82) is 0 Å². The minimum Gasteiger partial charge on any atom is -0.341 e. The standard InChI is InChI=1S/C12H20ClN3/c1-8(2)10(4)16(5)12-14-7-11(6-13)9(3)15-12/h7-8,10H,6H2,1-5H3. The number of aryl methyl sites for hydroxylation is 1. The molecular weight excluding hydrogens is 222 g/mol. The molecule has 4 heteroatoms. The molecule has 0 saturated heterocycles. The van der Waals surface area contributed by atoms with E-state index in [-0.39, 0.29) is 0 Å². The number of hydrogen-bond donors (Lipinski definition) is 0. The monoisotopic (exact) mass is 241 g/mol. The van der Waals surface area contributed by atoms with Gasteiger partial charge in [0.05, 0.1) is 5.88 Å². The van der Waals surface area contributed by atoms with E-state index in [2.05, 4.69) is 35.6 Å². The number of halogens is 1. The summed E-state index contributed by atoms with van der Waals surface area (Å²) >= 11 is 5.78. The average Bonchev–Trinajstić information content (AvgIpc) is 2.26. The highest BCUT2D eigenvalue weighted by molar-refractivity contribution is 6.17. The van der Waals surface area contributed by atoms with Gasteiger partial charge < -0.3 is 4.90 Å². The van der Waals surface area contributed by atoms with E-state index in [4.69, 9.17) is 11.6 Å². The lowest BCUT2D eigenvalue weighted by Crippen LogP contribution is -2.34. The lowest BCUT2D eigenvalue weighted by Gasteiger charge is -2.28. The van der Waals surface area contributed by atoms with Crippen LogP contribution in [0.1, 0.15) is 32.0 Å². The highest BCUT2D eigenvalue weighted by Gasteiger charge is 2.16. The molecule has 0 amide bonds. The molecule has 3 nitrogen and oxygen atoms in total. The van der Waals surface area contributed by atoms with Crippen LogP contribution in [-0.2, 0) is 5.88 Å². The molecule has 1 unspecified atom stereocenters. The summed E-state index contributed by atoms with van der Waals surface area (Å²) in [5, 5.41) is 0. The van der Waals surface area contributed by atoms with Crippen LogP contribution in [0, 0.1) is 12.8 Å². The van der Waals surface area contributed by atoms with Crippen LogP contribution < -0.4 is 4.90 Å². The maximum atomic E-state index is 5.78. The number of hydrogen-bond acceptors (Lipinski definition) is 3. The summed E-state index contributed by atoms with van der Waals surface area (Å²) in [6.45, 7) is 8.54. The summed E-state index contributed by atoms with van der Waals surface area (Å²) in [5.41, 5.74) is 1.96. The third kappa shape index (κ3) is 2.85. The van der Waals surface area contributed by atoms with Gasteiger partial charge in [0.15, 0.2) is 0 Å². The van der Waals surface area contributed by atoms with E-state index < -0.39 is 0 Å². The lowest BCUT2D eigenvalue weighted by atomic mass is 10.1. The fourth-order valence-electron chi connectivity index (χ4n) is 1.41. The Morgan fingerprint density at radius 2 is 2.00 bits per heavy atom. The summed E-state index contributed by atoms with van der Waals surface area (Å²) in [6, 6.07) is 0.418. The van der Waals surface area contributed by atoms with Gasteiger partial charge >= 0.3 is 0 Å². The number of rotatable bonds is 4. The van der Waals surface area contributed by atoms with Crippen molar-refractivity contribution in [2.45, 2.75) is 39.6 Å². The van der Waals surface area contributed by atoms with Crippen molar-refractivity contribution in [3.63, 3.8) is 0 Å². The van der Waals surface area contributed by atoms with E-state index in [1.54, 1.807) is 0 Å². The van der Waals surface area contributed by atoms with Crippen molar-refractivity contribution in [1.82, 2.24) is 9.97 Å². The second-order valence-corrected chi connectivity index (χ2v) is 4.78. The van der Waals surface area contributed by atoms with Gasteiger partial charge in [-0.25, -0.2) is 9.97 Å². The van der Waals surface area contributed by atoms with Crippen LogP contribution in [0.4, 0.5) is 5.95 Å². The van der Waals surface area contributed by atoms with Crippen molar-refractivity contribution in [3.05, 3.63) is 17.5 Å². The van der Waals surface area contributed by atoms with Crippen LogP contribution in [0.25, 0.3) is 0 Å². The number of aromatic nitrogens is 2. The van der Waals surface area contributed by atoms with Gasteiger partial charge in [0.1, 0.15) is 0 Å². The molecule has 0 saturated carbocycles. The van der Waals surface area contributed by atoms with Gasteiger partial charge in [-0.05, 0) is 19.8 Å². The quantitative estimate of drug-likeness (QED) is 0.759. The van der Waals surface area contributed by atoms with E-state index in [1.165, 1.54) is 0 Å². The van der Waals surface area contributed by atoms with Gasteiger partial charge in [-0.15, -0.1) is 11.6 Å². The third-order valence-electron chi connectivity index (χ3n) is 3.10. The van der Waals surface area contributed by atoms with E-state index in [9.17, 15) is 0 Å².